The van der Waals surface area contributed by atoms with Crippen LogP contribution in [0.15, 0.2) is 36.7 Å². The zero-order valence-electron chi connectivity index (χ0n) is 13.7. The van der Waals surface area contributed by atoms with Crippen LogP contribution in [0.25, 0.3) is 11.0 Å². The average Bonchev–Trinajstić information content (AvgIpc) is 2.90. The van der Waals surface area contributed by atoms with Gasteiger partial charge in [-0.1, -0.05) is 18.5 Å². The Hall–Kier alpha value is -2.40. The molecule has 3 aromatic rings. The largest absolute Gasteiger partial charge is 0.352 e. The third-order valence-corrected chi connectivity index (χ3v) is 4.33. The van der Waals surface area contributed by atoms with Crippen molar-refractivity contribution in [2.24, 2.45) is 7.05 Å². The van der Waals surface area contributed by atoms with E-state index in [-0.39, 0.29) is 5.91 Å². The summed E-state index contributed by atoms with van der Waals surface area (Å²) in [5.41, 5.74) is 3.54. The summed E-state index contributed by atoms with van der Waals surface area (Å²) in [7, 11) is 1.97. The summed E-state index contributed by atoms with van der Waals surface area (Å²) in [6, 6.07) is 7.42. The molecule has 5 nitrogen and oxygen atoms in total. The van der Waals surface area contributed by atoms with Crippen LogP contribution in [-0.4, -0.2) is 27.0 Å². The molecule has 1 amide bonds. The van der Waals surface area contributed by atoms with Crippen LogP contribution in [-0.2, 0) is 19.9 Å². The first kappa shape index (κ1) is 16.5. The van der Waals surface area contributed by atoms with Gasteiger partial charge in [-0.3, -0.25) is 9.78 Å². The molecule has 0 spiro atoms. The number of nitrogens with one attached hydrogen (secondary N) is 1. The molecular formula is C18H19ClN4O. The Morgan fingerprint density at radius 2 is 2.17 bits per heavy atom. The molecule has 0 radical (unpaired) electrons. The molecule has 0 aliphatic rings. The van der Waals surface area contributed by atoms with E-state index >= 15 is 0 Å². The highest BCUT2D eigenvalue weighted by molar-refractivity contribution is 6.31. The molecule has 0 aliphatic heterocycles. The van der Waals surface area contributed by atoms with Crippen LogP contribution in [0, 0.1) is 0 Å². The summed E-state index contributed by atoms with van der Waals surface area (Å²) in [4.78, 5) is 21.0. The van der Waals surface area contributed by atoms with Crippen molar-refractivity contribution in [2.45, 2.75) is 19.8 Å². The topological polar surface area (TPSA) is 59.8 Å². The molecule has 2 heterocycles. The van der Waals surface area contributed by atoms with Crippen LogP contribution in [0.2, 0.25) is 5.02 Å². The standard InChI is InChI=1S/C18H19ClN4O/c1-3-12-11-20-8-6-14(12)18(24)21-9-7-17-22-15-10-13(19)4-5-16(15)23(17)2/h4-6,8,10-11H,3,7,9H2,1-2H3,(H,21,24). The highest BCUT2D eigenvalue weighted by Gasteiger charge is 2.11. The maximum atomic E-state index is 12.3. The van der Waals surface area contributed by atoms with Gasteiger partial charge in [0.05, 0.1) is 11.0 Å². The van der Waals surface area contributed by atoms with Gasteiger partial charge in [0.25, 0.3) is 5.91 Å². The Morgan fingerprint density at radius 1 is 1.33 bits per heavy atom. The number of aromatic nitrogens is 3. The zero-order chi connectivity index (χ0) is 17.1. The number of amides is 1. The van der Waals surface area contributed by atoms with Gasteiger partial charge in [0.2, 0.25) is 0 Å². The third-order valence-electron chi connectivity index (χ3n) is 4.10. The molecule has 0 bridgehead atoms. The highest BCUT2D eigenvalue weighted by atomic mass is 35.5. The number of carbonyl (C=O) groups excluding carboxylic acids is 1. The number of rotatable bonds is 5. The molecule has 0 saturated carbocycles. The molecule has 0 unspecified atom stereocenters. The summed E-state index contributed by atoms with van der Waals surface area (Å²) >= 11 is 6.01. The van der Waals surface area contributed by atoms with Crippen molar-refractivity contribution in [3.8, 4) is 0 Å². The van der Waals surface area contributed by atoms with Crippen molar-refractivity contribution in [2.75, 3.05) is 6.54 Å². The Labute approximate surface area is 145 Å². The molecule has 124 valence electrons. The number of pyridine rings is 1. The van der Waals surface area contributed by atoms with Crippen LogP contribution in [0.5, 0.6) is 0 Å². The molecule has 1 aromatic carbocycles. The van der Waals surface area contributed by atoms with Gasteiger partial charge < -0.3 is 9.88 Å². The minimum absolute atomic E-state index is 0.0731. The van der Waals surface area contributed by atoms with Crippen molar-refractivity contribution in [1.29, 1.82) is 0 Å². The Balaban J connectivity index is 1.68. The van der Waals surface area contributed by atoms with E-state index in [0.717, 1.165) is 28.8 Å². The fourth-order valence-corrected chi connectivity index (χ4v) is 2.93. The summed E-state index contributed by atoms with van der Waals surface area (Å²) in [5.74, 6) is 0.842. The fourth-order valence-electron chi connectivity index (χ4n) is 2.76. The summed E-state index contributed by atoms with van der Waals surface area (Å²) in [5, 5.41) is 3.63. The van der Waals surface area contributed by atoms with Gasteiger partial charge >= 0.3 is 0 Å². The molecule has 0 fully saturated rings. The van der Waals surface area contributed by atoms with E-state index in [1.54, 1.807) is 18.5 Å². The quantitative estimate of drug-likeness (QED) is 0.774. The van der Waals surface area contributed by atoms with E-state index in [9.17, 15) is 4.79 Å². The number of aryl methyl sites for hydroxylation is 2. The van der Waals surface area contributed by atoms with E-state index in [1.165, 1.54) is 0 Å². The molecule has 0 atom stereocenters. The van der Waals surface area contributed by atoms with Crippen LogP contribution in [0.1, 0.15) is 28.7 Å². The number of imidazole rings is 1. The summed E-state index contributed by atoms with van der Waals surface area (Å²) < 4.78 is 2.03. The number of benzene rings is 1. The summed E-state index contributed by atoms with van der Waals surface area (Å²) in [6.07, 6.45) is 4.82. The number of halogens is 1. The minimum Gasteiger partial charge on any atom is -0.352 e. The lowest BCUT2D eigenvalue weighted by molar-refractivity contribution is 0.0953. The number of nitrogens with zero attached hydrogens (tertiary/aromatic N) is 3. The smallest absolute Gasteiger partial charge is 0.251 e. The van der Waals surface area contributed by atoms with E-state index in [4.69, 9.17) is 11.6 Å². The molecule has 0 aliphatic carbocycles. The van der Waals surface area contributed by atoms with Gasteiger partial charge in [0.1, 0.15) is 5.82 Å². The predicted octanol–water partition coefficient (Wildman–Crippen LogP) is 3.16. The predicted molar refractivity (Wildman–Crippen MR) is 95.4 cm³/mol. The number of fused-ring (bicyclic) bond motifs is 1. The maximum Gasteiger partial charge on any atom is 0.251 e. The zero-order valence-corrected chi connectivity index (χ0v) is 14.5. The lowest BCUT2D eigenvalue weighted by Gasteiger charge is -2.08. The lowest BCUT2D eigenvalue weighted by Crippen LogP contribution is -2.27. The molecule has 6 heteroatoms. The maximum absolute atomic E-state index is 12.3. The van der Waals surface area contributed by atoms with Crippen LogP contribution >= 0.6 is 11.6 Å². The first-order valence-corrected chi connectivity index (χ1v) is 8.30. The van der Waals surface area contributed by atoms with Crippen molar-refractivity contribution >= 4 is 28.5 Å². The lowest BCUT2D eigenvalue weighted by atomic mass is 10.1. The minimum atomic E-state index is -0.0731. The van der Waals surface area contributed by atoms with Crippen molar-refractivity contribution in [3.63, 3.8) is 0 Å². The van der Waals surface area contributed by atoms with E-state index in [2.05, 4.69) is 15.3 Å². The van der Waals surface area contributed by atoms with Crippen LogP contribution < -0.4 is 5.32 Å². The fraction of sp³-hybridized carbons (Fsp3) is 0.278. The number of hydrogen-bond donors (Lipinski definition) is 1. The van der Waals surface area contributed by atoms with E-state index < -0.39 is 0 Å². The van der Waals surface area contributed by atoms with Gasteiger partial charge in [-0.05, 0) is 36.2 Å². The van der Waals surface area contributed by atoms with Crippen LogP contribution in [0.3, 0.4) is 0 Å². The van der Waals surface area contributed by atoms with Crippen molar-refractivity contribution < 1.29 is 4.79 Å². The van der Waals surface area contributed by atoms with Gasteiger partial charge in [-0.25, -0.2) is 4.98 Å². The molecule has 0 saturated heterocycles. The monoisotopic (exact) mass is 342 g/mol. The van der Waals surface area contributed by atoms with Gasteiger partial charge in [-0.15, -0.1) is 0 Å². The second-order valence-electron chi connectivity index (χ2n) is 5.61. The number of hydrogen-bond acceptors (Lipinski definition) is 3. The second kappa shape index (κ2) is 7.01. The third kappa shape index (κ3) is 3.26. The van der Waals surface area contributed by atoms with Crippen molar-refractivity contribution in [1.82, 2.24) is 19.9 Å². The SMILES string of the molecule is CCc1cnccc1C(=O)NCCc1nc2cc(Cl)ccc2n1C. The Bertz CT molecular complexity index is 888. The molecule has 1 N–H and O–H groups in total. The van der Waals surface area contributed by atoms with Crippen LogP contribution in [0.4, 0.5) is 0 Å². The second-order valence-corrected chi connectivity index (χ2v) is 6.05. The molecular weight excluding hydrogens is 324 g/mol. The number of carbonyl (C=O) groups is 1. The Kier molecular flexibility index (Phi) is 4.81. The first-order valence-electron chi connectivity index (χ1n) is 7.92. The van der Waals surface area contributed by atoms with E-state index in [1.807, 2.05) is 36.7 Å². The van der Waals surface area contributed by atoms with E-state index in [0.29, 0.717) is 23.6 Å². The summed E-state index contributed by atoms with van der Waals surface area (Å²) in [6.45, 7) is 2.54. The average molecular weight is 343 g/mol. The van der Waals surface area contributed by atoms with Crippen molar-refractivity contribution in [3.05, 3.63) is 58.6 Å². The van der Waals surface area contributed by atoms with Gasteiger partial charge in [0.15, 0.2) is 0 Å². The van der Waals surface area contributed by atoms with Gasteiger partial charge in [0, 0.05) is 43.0 Å². The molecule has 24 heavy (non-hydrogen) atoms. The molecule has 2 aromatic heterocycles. The Morgan fingerprint density at radius 3 is 2.96 bits per heavy atom. The normalized spacial score (nSPS) is 11.0. The van der Waals surface area contributed by atoms with Gasteiger partial charge in [-0.2, -0.15) is 0 Å². The highest BCUT2D eigenvalue weighted by Crippen LogP contribution is 2.19. The molecule has 3 rings (SSSR count). The first-order chi connectivity index (χ1) is 11.6.